The fourth-order valence-corrected chi connectivity index (χ4v) is 2.10. The first-order valence-electron chi connectivity index (χ1n) is 5.87. The second-order valence-corrected chi connectivity index (χ2v) is 4.86. The Morgan fingerprint density at radius 1 is 1.47 bits per heavy atom. The molecule has 0 bridgehead atoms. The molecule has 0 aliphatic rings. The Kier molecular flexibility index (Phi) is 4.27. The van der Waals surface area contributed by atoms with Gasteiger partial charge in [0, 0.05) is 0 Å². The predicted octanol–water partition coefficient (Wildman–Crippen LogP) is 3.57. The lowest BCUT2D eigenvalue weighted by molar-refractivity contribution is -0.148. The molecule has 0 fully saturated rings. The molecule has 0 heterocycles. The van der Waals surface area contributed by atoms with Gasteiger partial charge in [-0.25, -0.2) is 4.39 Å². The van der Waals surface area contributed by atoms with Crippen LogP contribution >= 0.6 is 0 Å². The van der Waals surface area contributed by atoms with Crippen molar-refractivity contribution in [3.05, 3.63) is 35.1 Å². The van der Waals surface area contributed by atoms with Gasteiger partial charge in [-0.1, -0.05) is 19.4 Å². The lowest BCUT2D eigenvalue weighted by Gasteiger charge is -2.25. The van der Waals surface area contributed by atoms with Gasteiger partial charge in [0.05, 0.1) is 5.41 Å². The number of hydrogen-bond donors (Lipinski definition) is 1. The molecule has 1 rings (SSSR count). The van der Waals surface area contributed by atoms with Crippen molar-refractivity contribution in [2.24, 2.45) is 5.41 Å². The van der Waals surface area contributed by atoms with Gasteiger partial charge in [-0.2, -0.15) is 0 Å². The molecule has 94 valence electrons. The molecule has 0 spiro atoms. The number of carbonyl (C=O) groups is 1. The molecule has 1 N–H and O–H groups in total. The molecule has 2 nitrogen and oxygen atoms in total. The third-order valence-corrected chi connectivity index (χ3v) is 3.20. The first-order valence-corrected chi connectivity index (χ1v) is 5.87. The summed E-state index contributed by atoms with van der Waals surface area (Å²) in [5, 5.41) is 9.30. The highest BCUT2D eigenvalue weighted by atomic mass is 19.1. The van der Waals surface area contributed by atoms with E-state index in [1.807, 2.05) is 13.8 Å². The maximum Gasteiger partial charge on any atom is 0.309 e. The fourth-order valence-electron chi connectivity index (χ4n) is 2.10. The van der Waals surface area contributed by atoms with E-state index in [9.17, 15) is 14.3 Å². The highest BCUT2D eigenvalue weighted by Gasteiger charge is 2.32. The van der Waals surface area contributed by atoms with Gasteiger partial charge >= 0.3 is 5.97 Å². The molecule has 0 saturated heterocycles. The van der Waals surface area contributed by atoms with Crippen molar-refractivity contribution in [3.63, 3.8) is 0 Å². The monoisotopic (exact) mass is 238 g/mol. The average Bonchev–Trinajstić information content (AvgIpc) is 2.22. The van der Waals surface area contributed by atoms with Gasteiger partial charge in [-0.3, -0.25) is 4.79 Å². The third-order valence-electron chi connectivity index (χ3n) is 3.20. The summed E-state index contributed by atoms with van der Waals surface area (Å²) in [5.41, 5.74) is 0.954. The molecule has 1 aromatic rings. The molecular weight excluding hydrogens is 219 g/mol. The summed E-state index contributed by atoms with van der Waals surface area (Å²) in [6.07, 6.45) is 1.89. The molecule has 17 heavy (non-hydrogen) atoms. The molecular formula is C14H19FO2. The minimum absolute atomic E-state index is 0.279. The lowest BCUT2D eigenvalue weighted by Crippen LogP contribution is -2.30. The van der Waals surface area contributed by atoms with E-state index in [1.165, 1.54) is 12.1 Å². The predicted molar refractivity (Wildman–Crippen MR) is 65.5 cm³/mol. The van der Waals surface area contributed by atoms with Crippen LogP contribution in [0.5, 0.6) is 0 Å². The molecule has 0 aliphatic carbocycles. The number of carboxylic acids is 1. The Balaban J connectivity index is 2.98. The van der Waals surface area contributed by atoms with Crippen LogP contribution in [0.3, 0.4) is 0 Å². The minimum Gasteiger partial charge on any atom is -0.481 e. The second kappa shape index (κ2) is 5.30. The van der Waals surface area contributed by atoms with Crippen LogP contribution in [0.15, 0.2) is 18.2 Å². The molecule has 1 unspecified atom stereocenters. The van der Waals surface area contributed by atoms with Crippen molar-refractivity contribution in [1.29, 1.82) is 0 Å². The maximum absolute atomic E-state index is 13.0. The van der Waals surface area contributed by atoms with Gasteiger partial charge in [-0.15, -0.1) is 0 Å². The Morgan fingerprint density at radius 3 is 2.59 bits per heavy atom. The van der Waals surface area contributed by atoms with Gasteiger partial charge in [-0.05, 0) is 49.9 Å². The van der Waals surface area contributed by atoms with Crippen LogP contribution in [0.25, 0.3) is 0 Å². The number of rotatable bonds is 5. The van der Waals surface area contributed by atoms with Crippen LogP contribution in [0.4, 0.5) is 4.39 Å². The summed E-state index contributed by atoms with van der Waals surface area (Å²) in [6.45, 7) is 5.53. The summed E-state index contributed by atoms with van der Waals surface area (Å²) in [7, 11) is 0. The standard InChI is InChI=1S/C14H19FO2/c1-4-7-14(3,13(16)17)9-11-5-6-12(15)8-10(11)2/h5-6,8H,4,7,9H2,1-3H3,(H,16,17). The summed E-state index contributed by atoms with van der Waals surface area (Å²) in [5.74, 6) is -1.07. The van der Waals surface area contributed by atoms with E-state index in [-0.39, 0.29) is 5.82 Å². The van der Waals surface area contributed by atoms with Crippen LogP contribution in [0.2, 0.25) is 0 Å². The van der Waals surface area contributed by atoms with Crippen molar-refractivity contribution in [1.82, 2.24) is 0 Å². The number of hydrogen-bond acceptors (Lipinski definition) is 1. The minimum atomic E-state index is -0.789. The summed E-state index contributed by atoms with van der Waals surface area (Å²) in [6, 6.07) is 4.52. The van der Waals surface area contributed by atoms with E-state index in [1.54, 1.807) is 13.0 Å². The van der Waals surface area contributed by atoms with E-state index >= 15 is 0 Å². The van der Waals surface area contributed by atoms with Crippen molar-refractivity contribution in [2.75, 3.05) is 0 Å². The van der Waals surface area contributed by atoms with Crippen LogP contribution in [0.1, 0.15) is 37.8 Å². The summed E-state index contributed by atoms with van der Waals surface area (Å²) in [4.78, 5) is 11.3. The molecule has 0 aromatic heterocycles. The summed E-state index contributed by atoms with van der Waals surface area (Å²) >= 11 is 0. The fraction of sp³-hybridized carbons (Fsp3) is 0.500. The molecule has 0 radical (unpaired) electrons. The van der Waals surface area contributed by atoms with E-state index < -0.39 is 11.4 Å². The third kappa shape index (κ3) is 3.29. The number of halogens is 1. The van der Waals surface area contributed by atoms with Gasteiger partial charge < -0.3 is 5.11 Å². The van der Waals surface area contributed by atoms with E-state index in [0.717, 1.165) is 17.5 Å². The smallest absolute Gasteiger partial charge is 0.309 e. The topological polar surface area (TPSA) is 37.3 Å². The normalized spacial score (nSPS) is 14.4. The maximum atomic E-state index is 13.0. The largest absolute Gasteiger partial charge is 0.481 e. The average molecular weight is 238 g/mol. The van der Waals surface area contributed by atoms with E-state index in [4.69, 9.17) is 0 Å². The van der Waals surface area contributed by atoms with E-state index in [0.29, 0.717) is 12.8 Å². The van der Waals surface area contributed by atoms with Crippen LogP contribution in [-0.4, -0.2) is 11.1 Å². The summed E-state index contributed by atoms with van der Waals surface area (Å²) < 4.78 is 13.0. The van der Waals surface area contributed by atoms with Gasteiger partial charge in [0.2, 0.25) is 0 Å². The zero-order valence-corrected chi connectivity index (χ0v) is 10.6. The van der Waals surface area contributed by atoms with Crippen molar-refractivity contribution < 1.29 is 14.3 Å². The van der Waals surface area contributed by atoms with Crippen molar-refractivity contribution in [2.45, 2.75) is 40.0 Å². The molecule has 0 saturated carbocycles. The highest BCUT2D eigenvalue weighted by Crippen LogP contribution is 2.30. The zero-order valence-electron chi connectivity index (χ0n) is 10.6. The van der Waals surface area contributed by atoms with Crippen LogP contribution < -0.4 is 0 Å². The highest BCUT2D eigenvalue weighted by molar-refractivity contribution is 5.74. The molecule has 0 aliphatic heterocycles. The van der Waals surface area contributed by atoms with E-state index in [2.05, 4.69) is 0 Å². The number of aliphatic carboxylic acids is 1. The first kappa shape index (κ1) is 13.7. The molecule has 1 aromatic carbocycles. The Morgan fingerprint density at radius 2 is 2.12 bits per heavy atom. The Hall–Kier alpha value is -1.38. The second-order valence-electron chi connectivity index (χ2n) is 4.86. The molecule has 1 atom stereocenters. The Bertz CT molecular complexity index is 415. The zero-order chi connectivity index (χ0) is 13.1. The van der Waals surface area contributed by atoms with Crippen LogP contribution in [-0.2, 0) is 11.2 Å². The quantitative estimate of drug-likeness (QED) is 0.851. The van der Waals surface area contributed by atoms with Gasteiger partial charge in [0.15, 0.2) is 0 Å². The lowest BCUT2D eigenvalue weighted by atomic mass is 9.79. The van der Waals surface area contributed by atoms with Gasteiger partial charge in [0.25, 0.3) is 0 Å². The number of carboxylic acid groups (broad SMARTS) is 1. The molecule has 0 amide bonds. The van der Waals surface area contributed by atoms with Crippen molar-refractivity contribution >= 4 is 5.97 Å². The van der Waals surface area contributed by atoms with Gasteiger partial charge in [0.1, 0.15) is 5.82 Å². The van der Waals surface area contributed by atoms with Crippen molar-refractivity contribution in [3.8, 4) is 0 Å². The number of aryl methyl sites for hydroxylation is 1. The Labute approximate surface area is 101 Å². The first-order chi connectivity index (χ1) is 7.89. The van der Waals surface area contributed by atoms with Crippen LogP contribution in [0, 0.1) is 18.2 Å². The number of benzene rings is 1. The molecule has 3 heteroatoms. The SMILES string of the molecule is CCCC(C)(Cc1ccc(F)cc1C)C(=O)O.